The molecule has 2 aliphatic rings. The molecule has 1 aromatic rings. The van der Waals surface area contributed by atoms with Gasteiger partial charge in [0.1, 0.15) is 0 Å². The Hall–Kier alpha value is -0.650. The fraction of sp³-hybridized carbons (Fsp3) is 0.800. The lowest BCUT2D eigenvalue weighted by Crippen LogP contribution is -2.47. The van der Waals surface area contributed by atoms with Crippen LogP contribution in [0.4, 0.5) is 5.13 Å². The second-order valence-electron chi connectivity index (χ2n) is 5.89. The van der Waals surface area contributed by atoms with Crippen molar-refractivity contribution < 1.29 is 4.74 Å². The molecule has 4 nitrogen and oxygen atoms in total. The van der Waals surface area contributed by atoms with E-state index < -0.39 is 0 Å². The molecule has 0 amide bonds. The van der Waals surface area contributed by atoms with Crippen LogP contribution in [0.5, 0.6) is 0 Å². The van der Waals surface area contributed by atoms with Gasteiger partial charge in [0.05, 0.1) is 11.8 Å². The molecule has 3 heterocycles. The predicted octanol–water partition coefficient (Wildman–Crippen LogP) is 2.45. The number of anilines is 1. The van der Waals surface area contributed by atoms with Crippen molar-refractivity contribution in [1.29, 1.82) is 0 Å². The van der Waals surface area contributed by atoms with E-state index in [1.54, 1.807) is 0 Å². The first-order valence-corrected chi connectivity index (χ1v) is 8.57. The highest BCUT2D eigenvalue weighted by Gasteiger charge is 2.21. The molecule has 2 fully saturated rings. The first-order valence-electron chi connectivity index (χ1n) is 7.75. The lowest BCUT2D eigenvalue weighted by atomic mass is 10.1. The minimum absolute atomic E-state index is 0.525. The van der Waals surface area contributed by atoms with E-state index in [1.807, 2.05) is 11.3 Å². The van der Waals surface area contributed by atoms with Crippen molar-refractivity contribution in [3.63, 3.8) is 0 Å². The molecular weight excluding hydrogens is 270 g/mol. The first-order chi connectivity index (χ1) is 9.72. The SMILES string of the molecule is Cc1nc(N2CCN(CCC3CCCO3)CC2)sc1C. The second-order valence-corrected chi connectivity index (χ2v) is 7.07. The zero-order valence-electron chi connectivity index (χ0n) is 12.6. The van der Waals surface area contributed by atoms with Crippen LogP contribution < -0.4 is 4.90 Å². The van der Waals surface area contributed by atoms with E-state index in [4.69, 9.17) is 4.74 Å². The minimum Gasteiger partial charge on any atom is -0.378 e. The summed E-state index contributed by atoms with van der Waals surface area (Å²) in [4.78, 5) is 11.0. The molecule has 2 aliphatic heterocycles. The highest BCUT2D eigenvalue weighted by Crippen LogP contribution is 2.26. The van der Waals surface area contributed by atoms with Gasteiger partial charge in [-0.1, -0.05) is 0 Å². The van der Waals surface area contributed by atoms with Crippen LogP contribution in [0.3, 0.4) is 0 Å². The molecule has 112 valence electrons. The van der Waals surface area contributed by atoms with Gasteiger partial charge in [-0.05, 0) is 33.1 Å². The van der Waals surface area contributed by atoms with Gasteiger partial charge in [-0.2, -0.15) is 0 Å². The monoisotopic (exact) mass is 295 g/mol. The first kappa shape index (κ1) is 14.3. The Balaban J connectivity index is 1.44. The van der Waals surface area contributed by atoms with Crippen molar-refractivity contribution in [2.24, 2.45) is 0 Å². The van der Waals surface area contributed by atoms with Crippen LogP contribution in [-0.4, -0.2) is 55.3 Å². The van der Waals surface area contributed by atoms with Crippen LogP contribution in [0, 0.1) is 13.8 Å². The van der Waals surface area contributed by atoms with Crippen LogP contribution >= 0.6 is 11.3 Å². The molecule has 20 heavy (non-hydrogen) atoms. The number of hydrogen-bond donors (Lipinski definition) is 0. The number of rotatable bonds is 4. The quantitative estimate of drug-likeness (QED) is 0.853. The Labute approximate surface area is 125 Å². The highest BCUT2D eigenvalue weighted by molar-refractivity contribution is 7.15. The maximum Gasteiger partial charge on any atom is 0.185 e. The number of aryl methyl sites for hydroxylation is 2. The normalized spacial score (nSPS) is 24.5. The molecule has 1 aromatic heterocycles. The van der Waals surface area contributed by atoms with Crippen molar-refractivity contribution in [3.05, 3.63) is 10.6 Å². The number of aromatic nitrogens is 1. The van der Waals surface area contributed by atoms with Gasteiger partial charge in [0, 0.05) is 44.2 Å². The number of hydrogen-bond acceptors (Lipinski definition) is 5. The van der Waals surface area contributed by atoms with Gasteiger partial charge in [-0.25, -0.2) is 4.98 Å². The molecule has 0 spiro atoms. The Bertz CT molecular complexity index is 415. The average molecular weight is 295 g/mol. The Morgan fingerprint density at radius 3 is 2.65 bits per heavy atom. The second kappa shape index (κ2) is 6.41. The molecule has 0 aromatic carbocycles. The number of nitrogens with zero attached hydrogens (tertiary/aromatic N) is 3. The molecule has 5 heteroatoms. The van der Waals surface area contributed by atoms with E-state index in [0.717, 1.165) is 32.8 Å². The molecule has 0 saturated carbocycles. The van der Waals surface area contributed by atoms with E-state index >= 15 is 0 Å². The van der Waals surface area contributed by atoms with Gasteiger partial charge in [-0.15, -0.1) is 11.3 Å². The minimum atomic E-state index is 0.525. The van der Waals surface area contributed by atoms with Gasteiger partial charge in [0.2, 0.25) is 0 Å². The van der Waals surface area contributed by atoms with Gasteiger partial charge >= 0.3 is 0 Å². The van der Waals surface area contributed by atoms with E-state index in [0.29, 0.717) is 6.10 Å². The summed E-state index contributed by atoms with van der Waals surface area (Å²) in [6.45, 7) is 11.0. The summed E-state index contributed by atoms with van der Waals surface area (Å²) in [5.41, 5.74) is 1.19. The fourth-order valence-electron chi connectivity index (χ4n) is 2.95. The van der Waals surface area contributed by atoms with Crippen LogP contribution in [0.15, 0.2) is 0 Å². The summed E-state index contributed by atoms with van der Waals surface area (Å²) in [6, 6.07) is 0. The standard InChI is InChI=1S/C15H25N3OS/c1-12-13(2)20-15(16-12)18-9-7-17(8-10-18)6-5-14-4-3-11-19-14/h14H,3-11H2,1-2H3. The Kier molecular flexibility index (Phi) is 4.58. The van der Waals surface area contributed by atoms with Crippen LogP contribution in [0.1, 0.15) is 29.8 Å². The molecule has 3 rings (SSSR count). The van der Waals surface area contributed by atoms with E-state index in [1.165, 1.54) is 41.5 Å². The van der Waals surface area contributed by atoms with Crippen molar-refractivity contribution >= 4 is 16.5 Å². The largest absolute Gasteiger partial charge is 0.378 e. The molecule has 1 unspecified atom stereocenters. The number of ether oxygens (including phenoxy) is 1. The Morgan fingerprint density at radius 1 is 1.25 bits per heavy atom. The molecular formula is C15H25N3OS. The lowest BCUT2D eigenvalue weighted by molar-refractivity contribution is 0.0911. The van der Waals surface area contributed by atoms with E-state index in [9.17, 15) is 0 Å². The van der Waals surface area contributed by atoms with Crippen molar-refractivity contribution in [2.45, 2.75) is 39.2 Å². The predicted molar refractivity (Wildman–Crippen MR) is 83.8 cm³/mol. The third-order valence-electron chi connectivity index (χ3n) is 4.45. The zero-order chi connectivity index (χ0) is 13.9. The third kappa shape index (κ3) is 3.32. The summed E-state index contributed by atoms with van der Waals surface area (Å²) in [7, 11) is 0. The van der Waals surface area contributed by atoms with Crippen molar-refractivity contribution in [1.82, 2.24) is 9.88 Å². The van der Waals surface area contributed by atoms with Gasteiger partial charge in [-0.3, -0.25) is 4.90 Å². The van der Waals surface area contributed by atoms with Crippen molar-refractivity contribution in [2.75, 3.05) is 44.2 Å². The van der Waals surface area contributed by atoms with E-state index in [2.05, 4.69) is 28.6 Å². The molecule has 0 N–H and O–H groups in total. The lowest BCUT2D eigenvalue weighted by Gasteiger charge is -2.34. The topological polar surface area (TPSA) is 28.6 Å². The van der Waals surface area contributed by atoms with Crippen LogP contribution in [-0.2, 0) is 4.74 Å². The van der Waals surface area contributed by atoms with Gasteiger partial charge < -0.3 is 9.64 Å². The Morgan fingerprint density at radius 2 is 2.05 bits per heavy atom. The molecule has 0 bridgehead atoms. The van der Waals surface area contributed by atoms with Crippen LogP contribution in [0.25, 0.3) is 0 Å². The summed E-state index contributed by atoms with van der Waals surface area (Å²) >= 11 is 1.83. The maximum atomic E-state index is 5.70. The zero-order valence-corrected chi connectivity index (χ0v) is 13.4. The van der Waals surface area contributed by atoms with Gasteiger partial charge in [0.15, 0.2) is 5.13 Å². The summed E-state index contributed by atoms with van der Waals surface area (Å²) < 4.78 is 5.70. The number of thiazole rings is 1. The van der Waals surface area contributed by atoms with Crippen molar-refractivity contribution in [3.8, 4) is 0 Å². The summed E-state index contributed by atoms with van der Waals surface area (Å²) in [6.07, 6.45) is 4.24. The third-order valence-corrected chi connectivity index (χ3v) is 5.58. The molecule has 1 atom stereocenters. The van der Waals surface area contributed by atoms with E-state index in [-0.39, 0.29) is 0 Å². The highest BCUT2D eigenvalue weighted by atomic mass is 32.1. The smallest absolute Gasteiger partial charge is 0.185 e. The summed E-state index contributed by atoms with van der Waals surface area (Å²) in [5, 5.41) is 1.21. The fourth-order valence-corrected chi connectivity index (χ4v) is 3.91. The maximum absolute atomic E-state index is 5.70. The summed E-state index contributed by atoms with van der Waals surface area (Å²) in [5.74, 6) is 0. The molecule has 0 aliphatic carbocycles. The molecule has 2 saturated heterocycles. The number of piperazine rings is 1. The molecule has 0 radical (unpaired) electrons. The van der Waals surface area contributed by atoms with Crippen LogP contribution in [0.2, 0.25) is 0 Å². The van der Waals surface area contributed by atoms with Gasteiger partial charge in [0.25, 0.3) is 0 Å². The average Bonchev–Trinajstić information content (AvgIpc) is 3.08.